The molecule has 8 nitrogen and oxygen atoms in total. The molecule has 1 saturated heterocycles. The number of hydrogen-bond acceptors (Lipinski definition) is 6. The Morgan fingerprint density at radius 2 is 2.04 bits per heavy atom. The van der Waals surface area contributed by atoms with Gasteiger partial charge in [0.05, 0.1) is 28.2 Å². The molecule has 1 aromatic rings. The second-order valence-electron chi connectivity index (χ2n) is 4.60. The Balaban J connectivity index is 2.24. The molecule has 1 atom stereocenters. The zero-order valence-corrected chi connectivity index (χ0v) is 14.3. The van der Waals surface area contributed by atoms with Crippen LogP contribution in [0.25, 0.3) is 0 Å². The van der Waals surface area contributed by atoms with Crippen LogP contribution in [0.1, 0.15) is 22.3 Å². The number of carboxylic acid groups (broad SMARTS) is 2. The number of amidine groups is 1. The first kappa shape index (κ1) is 19.2. The van der Waals surface area contributed by atoms with Gasteiger partial charge in [-0.3, -0.25) is 9.59 Å². The number of thioether (sulfide) groups is 1. The maximum atomic E-state index is 13.7. The summed E-state index contributed by atoms with van der Waals surface area (Å²) in [6.07, 6.45) is 0.549. The van der Waals surface area contributed by atoms with E-state index < -0.39 is 39.5 Å². The van der Waals surface area contributed by atoms with E-state index in [0.717, 1.165) is 18.0 Å². The molecule has 1 amide bonds. The molecule has 0 radical (unpaired) electrons. The van der Waals surface area contributed by atoms with Crippen LogP contribution in [-0.4, -0.2) is 44.7 Å². The second-order valence-corrected chi connectivity index (χ2v) is 6.54. The number of benzene rings is 1. The molecule has 0 spiro atoms. The third-order valence-electron chi connectivity index (χ3n) is 2.89. The number of nitrogens with zero attached hydrogens (tertiary/aromatic N) is 2. The molecule has 3 N–H and O–H groups in total. The van der Waals surface area contributed by atoms with Crippen molar-refractivity contribution in [3.05, 3.63) is 33.1 Å². The van der Waals surface area contributed by atoms with Gasteiger partial charge in [0.15, 0.2) is 5.17 Å². The van der Waals surface area contributed by atoms with E-state index >= 15 is 0 Å². The summed E-state index contributed by atoms with van der Waals surface area (Å²) in [5.74, 6) is -4.12. The topological polar surface area (TPSA) is 128 Å². The van der Waals surface area contributed by atoms with Crippen LogP contribution in [0.4, 0.5) is 4.39 Å². The smallest absolute Gasteiger partial charge is 0.337 e. The number of nitrogens with one attached hydrogen (secondary N) is 1. The normalized spacial score (nSPS) is 18.8. The van der Waals surface area contributed by atoms with Gasteiger partial charge in [-0.05, 0) is 6.07 Å². The van der Waals surface area contributed by atoms with Gasteiger partial charge in [-0.15, -0.1) is 5.10 Å². The van der Waals surface area contributed by atoms with Gasteiger partial charge < -0.3 is 15.5 Å². The molecule has 1 unspecified atom stereocenters. The number of carbonyl (C=O) groups is 3. The van der Waals surface area contributed by atoms with Crippen molar-refractivity contribution < 1.29 is 29.0 Å². The maximum absolute atomic E-state index is 13.7. The van der Waals surface area contributed by atoms with E-state index in [2.05, 4.69) is 15.5 Å². The van der Waals surface area contributed by atoms with E-state index in [-0.39, 0.29) is 22.2 Å². The summed E-state index contributed by atoms with van der Waals surface area (Å²) in [5, 5.41) is 25.7. The lowest BCUT2D eigenvalue weighted by Crippen LogP contribution is -2.26. The molecule has 25 heavy (non-hydrogen) atoms. The lowest BCUT2D eigenvalue weighted by Gasteiger charge is -2.06. The molecule has 1 heterocycles. The van der Waals surface area contributed by atoms with Crippen molar-refractivity contribution in [3.8, 4) is 0 Å². The zero-order chi connectivity index (χ0) is 18.7. The molecule has 0 bridgehead atoms. The number of hydrogen-bond donors (Lipinski definition) is 3. The highest BCUT2D eigenvalue weighted by Crippen LogP contribution is 2.30. The fourth-order valence-electron chi connectivity index (χ4n) is 1.78. The summed E-state index contributed by atoms with van der Waals surface area (Å²) in [6.45, 7) is 0. The van der Waals surface area contributed by atoms with Crippen LogP contribution in [0.2, 0.25) is 10.0 Å². The molecule has 1 aliphatic rings. The van der Waals surface area contributed by atoms with Crippen LogP contribution in [0.5, 0.6) is 0 Å². The van der Waals surface area contributed by atoms with Gasteiger partial charge in [-0.25, -0.2) is 9.18 Å². The van der Waals surface area contributed by atoms with E-state index in [1.807, 2.05) is 0 Å². The first-order valence-electron chi connectivity index (χ1n) is 6.41. The minimum atomic E-state index is -1.45. The lowest BCUT2D eigenvalue weighted by atomic mass is 10.1. The van der Waals surface area contributed by atoms with Crippen molar-refractivity contribution in [1.29, 1.82) is 0 Å². The minimum Gasteiger partial charge on any atom is -0.481 e. The first-order valence-corrected chi connectivity index (χ1v) is 8.05. The lowest BCUT2D eigenvalue weighted by molar-refractivity contribution is -0.138. The molecule has 12 heteroatoms. The predicted octanol–water partition coefficient (Wildman–Crippen LogP) is 2.23. The van der Waals surface area contributed by atoms with E-state index in [0.29, 0.717) is 6.07 Å². The minimum absolute atomic E-state index is 0.0367. The Hall–Kier alpha value is -2.17. The average molecular weight is 408 g/mol. The number of rotatable bonds is 5. The van der Waals surface area contributed by atoms with Gasteiger partial charge >= 0.3 is 11.9 Å². The Morgan fingerprint density at radius 1 is 1.36 bits per heavy atom. The molecular weight excluding hydrogens is 400 g/mol. The van der Waals surface area contributed by atoms with Crippen LogP contribution in [0.15, 0.2) is 16.3 Å². The molecule has 2 rings (SSSR count). The molecule has 0 aliphatic carbocycles. The van der Waals surface area contributed by atoms with Crippen molar-refractivity contribution in [2.24, 2.45) is 10.2 Å². The fourth-order valence-corrected chi connectivity index (χ4v) is 3.22. The zero-order valence-electron chi connectivity index (χ0n) is 12.0. The average Bonchev–Trinajstić information content (AvgIpc) is 2.85. The van der Waals surface area contributed by atoms with Crippen molar-refractivity contribution in [3.63, 3.8) is 0 Å². The summed E-state index contributed by atoms with van der Waals surface area (Å²) in [4.78, 5) is 33.2. The third-order valence-corrected chi connectivity index (χ3v) is 4.76. The highest BCUT2D eigenvalue weighted by Gasteiger charge is 2.32. The van der Waals surface area contributed by atoms with Crippen LogP contribution >= 0.6 is 35.0 Å². The van der Waals surface area contributed by atoms with Crippen molar-refractivity contribution >= 4 is 64.2 Å². The molecule has 132 valence electrons. The van der Waals surface area contributed by atoms with Gasteiger partial charge in [0.2, 0.25) is 5.91 Å². The summed E-state index contributed by atoms with van der Waals surface area (Å²) < 4.78 is 13.7. The van der Waals surface area contributed by atoms with Crippen molar-refractivity contribution in [2.45, 2.75) is 11.7 Å². The van der Waals surface area contributed by atoms with Gasteiger partial charge in [0, 0.05) is 5.56 Å². The number of carboxylic acids is 2. The van der Waals surface area contributed by atoms with Crippen LogP contribution < -0.4 is 5.32 Å². The monoisotopic (exact) mass is 407 g/mol. The van der Waals surface area contributed by atoms with Gasteiger partial charge in [-0.1, -0.05) is 35.0 Å². The largest absolute Gasteiger partial charge is 0.481 e. The highest BCUT2D eigenvalue weighted by atomic mass is 35.5. The maximum Gasteiger partial charge on any atom is 0.337 e. The highest BCUT2D eigenvalue weighted by molar-refractivity contribution is 8.15. The third kappa shape index (κ3) is 4.47. The van der Waals surface area contributed by atoms with E-state index in [1.165, 1.54) is 0 Å². The van der Waals surface area contributed by atoms with Gasteiger partial charge in [-0.2, -0.15) is 5.10 Å². The van der Waals surface area contributed by atoms with Gasteiger partial charge in [0.25, 0.3) is 0 Å². The van der Waals surface area contributed by atoms with Gasteiger partial charge in [0.1, 0.15) is 11.1 Å². The summed E-state index contributed by atoms with van der Waals surface area (Å²) in [7, 11) is 0. The molecule has 1 aliphatic heterocycles. The number of carbonyl (C=O) groups excluding carboxylic acids is 1. The predicted molar refractivity (Wildman–Crippen MR) is 90.2 cm³/mol. The van der Waals surface area contributed by atoms with Crippen LogP contribution in [0.3, 0.4) is 0 Å². The molecule has 0 saturated carbocycles. The van der Waals surface area contributed by atoms with E-state index in [4.69, 9.17) is 33.4 Å². The molecule has 1 aromatic carbocycles. The first-order chi connectivity index (χ1) is 11.7. The Morgan fingerprint density at radius 3 is 2.64 bits per heavy atom. The second kappa shape index (κ2) is 7.81. The summed E-state index contributed by atoms with van der Waals surface area (Å²) in [5.41, 5.74) is -0.691. The van der Waals surface area contributed by atoms with Crippen LogP contribution in [-0.2, 0) is 9.59 Å². The summed E-state index contributed by atoms with van der Waals surface area (Å²) >= 11 is 12.5. The van der Waals surface area contributed by atoms with Crippen LogP contribution in [0, 0.1) is 5.82 Å². The van der Waals surface area contributed by atoms with E-state index in [1.54, 1.807) is 0 Å². The van der Waals surface area contributed by atoms with E-state index in [9.17, 15) is 18.8 Å². The SMILES string of the molecule is O=C(O)CC1SC(=NN=Cc2c(Cl)c(F)cc(C(=O)O)c2Cl)NC1=O. The molecule has 0 aromatic heterocycles. The standard InChI is InChI=1S/C13H8Cl2FN3O5S/c14-9-4(12(23)24)1-6(16)10(15)5(9)3-17-19-13-18-11(22)7(25-13)2-8(20)21/h1,3,7H,2H2,(H,20,21)(H,23,24)(H,18,19,22). The quantitative estimate of drug-likeness (QED) is 0.389. The number of halogens is 3. The number of aromatic carboxylic acids is 1. The Kier molecular flexibility index (Phi) is 5.98. The fraction of sp³-hybridized carbons (Fsp3) is 0.154. The summed E-state index contributed by atoms with van der Waals surface area (Å²) in [6, 6.07) is 0.680. The Labute approximate surface area is 153 Å². The number of aliphatic carboxylic acids is 1. The number of amides is 1. The Bertz CT molecular complexity index is 830. The van der Waals surface area contributed by atoms with Crippen molar-refractivity contribution in [2.75, 3.05) is 0 Å². The molecule has 1 fully saturated rings. The van der Waals surface area contributed by atoms with Crippen molar-refractivity contribution in [1.82, 2.24) is 5.32 Å². The molecular formula is C13H8Cl2FN3O5S.